The quantitative estimate of drug-likeness (QED) is 0.326. The van der Waals surface area contributed by atoms with Crippen molar-refractivity contribution < 1.29 is 18.7 Å². The molecule has 1 amide bonds. The zero-order valence-corrected chi connectivity index (χ0v) is 19.9. The monoisotopic (exact) mass is 471 g/mol. The fourth-order valence-electron chi connectivity index (χ4n) is 3.99. The van der Waals surface area contributed by atoms with Gasteiger partial charge in [-0.3, -0.25) is 9.59 Å². The molecule has 1 aromatic heterocycles. The fraction of sp³-hybridized carbons (Fsp3) is 0.286. The molecule has 7 heteroatoms. The second-order valence-electron chi connectivity index (χ2n) is 9.20. The van der Waals surface area contributed by atoms with Crippen LogP contribution in [0.5, 0.6) is 0 Å². The van der Waals surface area contributed by atoms with Crippen LogP contribution in [-0.2, 0) is 26.3 Å². The highest BCUT2D eigenvalue weighted by atomic mass is 19.1. The van der Waals surface area contributed by atoms with Crippen LogP contribution in [0.4, 0.5) is 4.39 Å². The highest BCUT2D eigenvalue weighted by Gasteiger charge is 2.58. The van der Waals surface area contributed by atoms with Gasteiger partial charge in [0, 0.05) is 30.5 Å². The highest BCUT2D eigenvalue weighted by Crippen LogP contribution is 2.40. The van der Waals surface area contributed by atoms with E-state index in [1.807, 2.05) is 44.2 Å². The molecule has 0 saturated carbocycles. The average Bonchev–Trinajstić information content (AvgIpc) is 2.86. The van der Waals surface area contributed by atoms with Crippen molar-refractivity contribution in [1.29, 1.82) is 0 Å². The maximum Gasteiger partial charge on any atom is 0.329 e. The van der Waals surface area contributed by atoms with Crippen LogP contribution in [0, 0.1) is 17.7 Å². The molecule has 1 unspecified atom stereocenters. The molecule has 178 valence electrons. The Morgan fingerprint density at radius 2 is 1.71 bits per heavy atom. The number of hydrogen-bond donors (Lipinski definition) is 0. The summed E-state index contributed by atoms with van der Waals surface area (Å²) in [6, 6.07) is 15.2. The van der Waals surface area contributed by atoms with Gasteiger partial charge in [0.05, 0.1) is 5.56 Å². The number of likely N-dealkylation sites (N-methyl/N-ethyl adjacent to an activating group) is 1. The van der Waals surface area contributed by atoms with Gasteiger partial charge in [-0.25, -0.2) is 14.4 Å². The van der Waals surface area contributed by atoms with Crippen molar-refractivity contribution in [2.75, 3.05) is 7.05 Å². The largest absolute Gasteiger partial charge is 0.460 e. The molecule has 1 saturated heterocycles. The molecule has 0 radical (unpaired) electrons. The Bertz CT molecular complexity index is 1300. The lowest BCUT2D eigenvalue weighted by molar-refractivity contribution is -0.166. The van der Waals surface area contributed by atoms with Gasteiger partial charge in [-0.2, -0.15) is 0 Å². The third-order valence-corrected chi connectivity index (χ3v) is 6.46. The van der Waals surface area contributed by atoms with Gasteiger partial charge in [-0.05, 0) is 50.5 Å². The van der Waals surface area contributed by atoms with Gasteiger partial charge in [0.25, 0.3) is 0 Å². The minimum absolute atomic E-state index is 0.0407. The maximum absolute atomic E-state index is 13.6. The minimum Gasteiger partial charge on any atom is -0.460 e. The van der Waals surface area contributed by atoms with Crippen LogP contribution in [0.1, 0.15) is 49.2 Å². The normalized spacial score (nSPS) is 19.0. The first-order chi connectivity index (χ1) is 16.7. The van der Waals surface area contributed by atoms with E-state index in [1.165, 1.54) is 24.5 Å². The van der Waals surface area contributed by atoms with Gasteiger partial charge in [0.1, 0.15) is 12.4 Å². The number of nitrogens with zero attached hydrogens (tertiary/aromatic N) is 3. The van der Waals surface area contributed by atoms with Crippen molar-refractivity contribution >= 4 is 11.9 Å². The zero-order valence-electron chi connectivity index (χ0n) is 19.9. The molecule has 3 aromatic rings. The smallest absolute Gasteiger partial charge is 0.329 e. The van der Waals surface area contributed by atoms with E-state index in [0.717, 1.165) is 5.56 Å². The predicted molar refractivity (Wildman–Crippen MR) is 128 cm³/mol. The number of benzene rings is 2. The molecule has 6 nitrogen and oxygen atoms in total. The Balaban J connectivity index is 1.65. The van der Waals surface area contributed by atoms with Crippen molar-refractivity contribution in [3.05, 3.63) is 95.3 Å². The first-order valence-electron chi connectivity index (χ1n) is 11.3. The number of carbonyl (C=O) groups excluding carboxylic acids is 2. The fourth-order valence-corrected chi connectivity index (χ4v) is 3.99. The highest BCUT2D eigenvalue weighted by molar-refractivity contribution is 6.08. The van der Waals surface area contributed by atoms with Gasteiger partial charge >= 0.3 is 5.97 Å². The summed E-state index contributed by atoms with van der Waals surface area (Å²) in [5, 5.41) is 0. The second kappa shape index (κ2) is 9.67. The second-order valence-corrected chi connectivity index (χ2v) is 9.20. The number of piperidine rings is 1. The summed E-state index contributed by atoms with van der Waals surface area (Å²) in [4.78, 5) is 37.4. The van der Waals surface area contributed by atoms with E-state index < -0.39 is 22.8 Å². The number of ether oxygens (including phenoxy) is 1. The van der Waals surface area contributed by atoms with E-state index in [2.05, 4.69) is 21.8 Å². The molecule has 0 bridgehead atoms. The number of aromatic nitrogens is 2. The average molecular weight is 472 g/mol. The number of carbonyl (C=O) groups is 2. The lowest BCUT2D eigenvalue weighted by atomic mass is 9.72. The summed E-state index contributed by atoms with van der Waals surface area (Å²) in [5.41, 5.74) is -0.259. The third kappa shape index (κ3) is 4.92. The molecule has 1 aliphatic rings. The van der Waals surface area contributed by atoms with Gasteiger partial charge < -0.3 is 9.64 Å². The summed E-state index contributed by atoms with van der Waals surface area (Å²) >= 11 is 0. The molecule has 1 aliphatic heterocycles. The van der Waals surface area contributed by atoms with Gasteiger partial charge in [-0.15, -0.1) is 0 Å². The lowest BCUT2D eigenvalue weighted by Crippen LogP contribution is -2.62. The summed E-state index contributed by atoms with van der Waals surface area (Å²) in [5.74, 6) is 4.39. The predicted octanol–water partition coefficient (Wildman–Crippen LogP) is 4.03. The van der Waals surface area contributed by atoms with Crippen LogP contribution < -0.4 is 0 Å². The van der Waals surface area contributed by atoms with E-state index >= 15 is 0 Å². The van der Waals surface area contributed by atoms with E-state index in [9.17, 15) is 14.0 Å². The van der Waals surface area contributed by atoms with Crippen molar-refractivity contribution in [2.24, 2.45) is 0 Å². The number of rotatable bonds is 4. The Hall–Kier alpha value is -4.05. The van der Waals surface area contributed by atoms with Crippen LogP contribution >= 0.6 is 0 Å². The topological polar surface area (TPSA) is 72.4 Å². The first kappa shape index (κ1) is 24.1. The molecule has 2 aromatic carbocycles. The van der Waals surface area contributed by atoms with Gasteiger partial charge in [0.15, 0.2) is 5.82 Å². The summed E-state index contributed by atoms with van der Waals surface area (Å²) in [6.45, 7) is 3.95. The lowest BCUT2D eigenvalue weighted by Gasteiger charge is -2.46. The number of esters is 1. The maximum atomic E-state index is 13.6. The zero-order chi connectivity index (χ0) is 25.1. The van der Waals surface area contributed by atoms with Crippen molar-refractivity contribution in [3.8, 4) is 11.8 Å². The Labute approximate surface area is 204 Å². The van der Waals surface area contributed by atoms with E-state index in [1.54, 1.807) is 24.1 Å². The molecule has 35 heavy (non-hydrogen) atoms. The third-order valence-electron chi connectivity index (χ3n) is 6.46. The molecule has 0 N–H and O–H groups in total. The van der Waals surface area contributed by atoms with Gasteiger partial charge in [0.2, 0.25) is 11.3 Å². The number of likely N-dealkylation sites (tertiary alicyclic amines) is 1. The van der Waals surface area contributed by atoms with Crippen LogP contribution in [0.25, 0.3) is 0 Å². The molecule has 0 spiro atoms. The standard InChI is InChI=1S/C28H26FN3O3/c1-27(2)14-15-28(25(33)32(27)3,26(34)35-19-21-8-5-4-6-9-21)24-30-17-22(18-31-24)13-12-20-10-7-11-23(29)16-20/h4-11,16-18H,14-15,19H2,1-3H3. The van der Waals surface area contributed by atoms with Gasteiger partial charge in [-0.1, -0.05) is 48.2 Å². The number of halogens is 1. The van der Waals surface area contributed by atoms with Crippen molar-refractivity contribution in [1.82, 2.24) is 14.9 Å². The SMILES string of the molecule is CN1C(=O)C(C(=O)OCc2ccccc2)(c2ncc(C#Cc3cccc(F)c3)cn2)CCC1(C)C. The Morgan fingerprint density at radius 1 is 1.03 bits per heavy atom. The molecular formula is C28H26FN3O3. The molecule has 1 fully saturated rings. The molecular weight excluding hydrogens is 445 g/mol. The van der Waals surface area contributed by atoms with Crippen LogP contribution in [0.15, 0.2) is 67.0 Å². The molecule has 2 heterocycles. The van der Waals surface area contributed by atoms with Crippen LogP contribution in [0.3, 0.4) is 0 Å². The Morgan fingerprint density at radius 3 is 2.40 bits per heavy atom. The number of hydrogen-bond acceptors (Lipinski definition) is 5. The Kier molecular flexibility index (Phi) is 6.65. The van der Waals surface area contributed by atoms with Crippen LogP contribution in [0.2, 0.25) is 0 Å². The molecule has 4 rings (SSSR count). The minimum atomic E-state index is -1.65. The number of amides is 1. The summed E-state index contributed by atoms with van der Waals surface area (Å²) in [6.07, 6.45) is 3.73. The molecule has 0 aliphatic carbocycles. The van der Waals surface area contributed by atoms with Crippen LogP contribution in [-0.4, -0.2) is 39.3 Å². The molecule has 1 atom stereocenters. The van der Waals surface area contributed by atoms with E-state index in [-0.39, 0.29) is 24.7 Å². The summed E-state index contributed by atoms with van der Waals surface area (Å²) < 4.78 is 19.0. The van der Waals surface area contributed by atoms with Crippen molar-refractivity contribution in [3.63, 3.8) is 0 Å². The summed E-state index contributed by atoms with van der Waals surface area (Å²) in [7, 11) is 1.68. The van der Waals surface area contributed by atoms with Crippen molar-refractivity contribution in [2.45, 2.75) is 44.2 Å². The van der Waals surface area contributed by atoms with E-state index in [0.29, 0.717) is 17.5 Å². The van der Waals surface area contributed by atoms with E-state index in [4.69, 9.17) is 4.74 Å². The first-order valence-corrected chi connectivity index (χ1v) is 11.3.